The van der Waals surface area contributed by atoms with Crippen molar-refractivity contribution >= 4 is 29.1 Å². The van der Waals surface area contributed by atoms with Gasteiger partial charge in [0.15, 0.2) is 0 Å². The number of rotatable bonds is 4. The van der Waals surface area contributed by atoms with Crippen LogP contribution in [0.15, 0.2) is 18.2 Å². The third-order valence-electron chi connectivity index (χ3n) is 4.59. The van der Waals surface area contributed by atoms with Crippen LogP contribution in [0, 0.1) is 5.92 Å². The number of hydrogen-bond donors (Lipinski definition) is 1. The van der Waals surface area contributed by atoms with Crippen LogP contribution in [-0.2, 0) is 20.5 Å². The first-order chi connectivity index (χ1) is 12.3. The molecule has 0 saturated carbocycles. The minimum absolute atomic E-state index is 0.00276. The molecule has 2 fully saturated rings. The summed E-state index contributed by atoms with van der Waals surface area (Å²) in [7, 11) is 0. The van der Waals surface area contributed by atoms with Gasteiger partial charge in [-0.15, -0.1) is 0 Å². The number of benzene rings is 1. The van der Waals surface area contributed by atoms with Crippen molar-refractivity contribution in [3.05, 3.63) is 28.8 Å². The van der Waals surface area contributed by atoms with Crippen molar-refractivity contribution in [2.45, 2.75) is 31.5 Å². The molecule has 2 aliphatic rings. The maximum atomic E-state index is 12.9. The summed E-state index contributed by atoms with van der Waals surface area (Å²) in [4.78, 5) is 25.7. The molecular formula is C17H18ClF3N2O3. The Hall–Kier alpha value is -1.80. The van der Waals surface area contributed by atoms with Crippen LogP contribution < -0.4 is 10.2 Å². The number of halogens is 4. The molecule has 2 saturated heterocycles. The second-order valence-electron chi connectivity index (χ2n) is 6.45. The summed E-state index contributed by atoms with van der Waals surface area (Å²) >= 11 is 5.99. The molecule has 2 amide bonds. The van der Waals surface area contributed by atoms with E-state index in [1.165, 1.54) is 0 Å². The zero-order valence-corrected chi connectivity index (χ0v) is 14.6. The molecule has 3 rings (SSSR count). The van der Waals surface area contributed by atoms with E-state index in [4.69, 9.17) is 16.3 Å². The molecule has 1 N–H and O–H groups in total. The highest BCUT2D eigenvalue weighted by Crippen LogP contribution is 2.37. The Morgan fingerprint density at radius 1 is 1.38 bits per heavy atom. The molecule has 0 aromatic heterocycles. The van der Waals surface area contributed by atoms with Gasteiger partial charge in [-0.2, -0.15) is 13.2 Å². The monoisotopic (exact) mass is 390 g/mol. The second kappa shape index (κ2) is 7.44. The highest BCUT2D eigenvalue weighted by atomic mass is 35.5. The second-order valence-corrected chi connectivity index (χ2v) is 6.86. The number of anilines is 1. The lowest BCUT2D eigenvalue weighted by molar-refractivity contribution is -0.137. The van der Waals surface area contributed by atoms with Crippen molar-refractivity contribution in [1.82, 2.24) is 5.32 Å². The Morgan fingerprint density at radius 2 is 2.15 bits per heavy atom. The predicted octanol–water partition coefficient (Wildman–Crippen LogP) is 3.01. The van der Waals surface area contributed by atoms with Gasteiger partial charge in [0.1, 0.15) is 0 Å². The minimum atomic E-state index is -4.54. The first-order valence-corrected chi connectivity index (χ1v) is 8.70. The van der Waals surface area contributed by atoms with E-state index < -0.39 is 23.6 Å². The van der Waals surface area contributed by atoms with E-state index in [0.717, 1.165) is 35.9 Å². The number of carbonyl (C=O) groups excluding carboxylic acids is 2. The van der Waals surface area contributed by atoms with E-state index in [1.807, 2.05) is 0 Å². The van der Waals surface area contributed by atoms with Crippen molar-refractivity contribution in [2.24, 2.45) is 5.92 Å². The van der Waals surface area contributed by atoms with Gasteiger partial charge < -0.3 is 15.0 Å². The first-order valence-electron chi connectivity index (χ1n) is 8.32. The van der Waals surface area contributed by atoms with Crippen LogP contribution in [0.5, 0.6) is 0 Å². The van der Waals surface area contributed by atoms with Crippen LogP contribution >= 0.6 is 11.6 Å². The first kappa shape index (κ1) is 19.0. The Kier molecular flexibility index (Phi) is 5.43. The van der Waals surface area contributed by atoms with Gasteiger partial charge in [0.25, 0.3) is 0 Å². The maximum absolute atomic E-state index is 12.9. The highest BCUT2D eigenvalue weighted by Gasteiger charge is 2.38. The molecule has 0 aliphatic carbocycles. The third kappa shape index (κ3) is 4.12. The summed E-state index contributed by atoms with van der Waals surface area (Å²) in [6.45, 7) is 1.04. The smallest absolute Gasteiger partial charge is 0.376 e. The number of alkyl halides is 3. The largest absolute Gasteiger partial charge is 0.416 e. The van der Waals surface area contributed by atoms with Gasteiger partial charge in [0.05, 0.1) is 28.3 Å². The molecule has 2 atom stereocenters. The number of amides is 2. The Morgan fingerprint density at radius 3 is 2.81 bits per heavy atom. The minimum Gasteiger partial charge on any atom is -0.376 e. The van der Waals surface area contributed by atoms with Crippen molar-refractivity contribution in [1.29, 1.82) is 0 Å². The van der Waals surface area contributed by atoms with Crippen LogP contribution in [0.25, 0.3) is 0 Å². The summed E-state index contributed by atoms with van der Waals surface area (Å²) in [6.07, 6.45) is -2.81. The molecule has 1 aromatic rings. The zero-order chi connectivity index (χ0) is 18.9. The van der Waals surface area contributed by atoms with E-state index in [0.29, 0.717) is 13.2 Å². The lowest BCUT2D eigenvalue weighted by Gasteiger charge is -2.20. The quantitative estimate of drug-likeness (QED) is 0.859. The van der Waals surface area contributed by atoms with Gasteiger partial charge in [-0.25, -0.2) is 0 Å². The number of ether oxygens (including phenoxy) is 1. The molecule has 9 heteroatoms. The van der Waals surface area contributed by atoms with E-state index in [-0.39, 0.29) is 35.7 Å². The number of nitrogens with one attached hydrogen (secondary N) is 1. The summed E-state index contributed by atoms with van der Waals surface area (Å²) < 4.78 is 44.2. The molecule has 2 aliphatic heterocycles. The summed E-state index contributed by atoms with van der Waals surface area (Å²) in [5.41, 5.74) is -0.920. The van der Waals surface area contributed by atoms with Crippen molar-refractivity contribution in [2.75, 3.05) is 24.6 Å². The maximum Gasteiger partial charge on any atom is 0.416 e. The van der Waals surface area contributed by atoms with E-state index >= 15 is 0 Å². The van der Waals surface area contributed by atoms with Gasteiger partial charge in [0, 0.05) is 26.1 Å². The molecular weight excluding hydrogens is 373 g/mol. The summed E-state index contributed by atoms with van der Waals surface area (Å²) in [5.74, 6) is -1.36. The predicted molar refractivity (Wildman–Crippen MR) is 88.9 cm³/mol. The number of hydrogen-bond acceptors (Lipinski definition) is 3. The fourth-order valence-corrected chi connectivity index (χ4v) is 3.40. The van der Waals surface area contributed by atoms with E-state index in [2.05, 4.69) is 5.32 Å². The fraction of sp³-hybridized carbons (Fsp3) is 0.529. The third-order valence-corrected chi connectivity index (χ3v) is 4.91. The molecule has 5 nitrogen and oxygen atoms in total. The Labute approximate surface area is 153 Å². The van der Waals surface area contributed by atoms with Crippen LogP contribution in [0.2, 0.25) is 5.02 Å². The van der Waals surface area contributed by atoms with Crippen molar-refractivity contribution in [3.8, 4) is 0 Å². The molecule has 26 heavy (non-hydrogen) atoms. The van der Waals surface area contributed by atoms with Crippen LogP contribution in [0.3, 0.4) is 0 Å². The molecule has 0 spiro atoms. The topological polar surface area (TPSA) is 58.6 Å². The molecule has 0 bridgehead atoms. The van der Waals surface area contributed by atoms with Gasteiger partial charge in [-0.05, 0) is 31.0 Å². The van der Waals surface area contributed by atoms with Crippen LogP contribution in [0.1, 0.15) is 24.8 Å². The van der Waals surface area contributed by atoms with Gasteiger partial charge in [-0.3, -0.25) is 9.59 Å². The normalized spacial score (nSPS) is 23.5. The van der Waals surface area contributed by atoms with Gasteiger partial charge >= 0.3 is 6.18 Å². The summed E-state index contributed by atoms with van der Waals surface area (Å²) in [6, 6.07) is 2.81. The highest BCUT2D eigenvalue weighted by molar-refractivity contribution is 6.34. The lowest BCUT2D eigenvalue weighted by Crippen LogP contribution is -2.37. The molecule has 2 unspecified atom stereocenters. The molecule has 142 valence electrons. The number of nitrogens with zero attached hydrogens (tertiary/aromatic N) is 1. The average Bonchev–Trinajstić information content (AvgIpc) is 3.21. The number of carbonyl (C=O) groups is 2. The lowest BCUT2D eigenvalue weighted by atomic mass is 10.1. The molecule has 0 radical (unpaired) electrons. The van der Waals surface area contributed by atoms with Crippen molar-refractivity contribution < 1.29 is 27.5 Å². The zero-order valence-electron chi connectivity index (χ0n) is 13.8. The van der Waals surface area contributed by atoms with Crippen LogP contribution in [-0.4, -0.2) is 37.6 Å². The van der Waals surface area contributed by atoms with Crippen LogP contribution in [0.4, 0.5) is 18.9 Å². The molecule has 1 aromatic carbocycles. The fourth-order valence-electron chi connectivity index (χ4n) is 3.18. The Bertz CT molecular complexity index is 705. The SMILES string of the molecule is O=C(NCC1CCCO1)C1CC(=O)N(c2cc(C(F)(F)F)ccc2Cl)C1. The van der Waals surface area contributed by atoms with Crippen molar-refractivity contribution in [3.63, 3.8) is 0 Å². The molecule has 2 heterocycles. The van der Waals surface area contributed by atoms with E-state index in [9.17, 15) is 22.8 Å². The van der Waals surface area contributed by atoms with Gasteiger partial charge in [-0.1, -0.05) is 11.6 Å². The summed E-state index contributed by atoms with van der Waals surface area (Å²) in [5, 5.41) is 2.79. The Balaban J connectivity index is 1.68. The van der Waals surface area contributed by atoms with E-state index in [1.54, 1.807) is 0 Å². The standard InChI is InChI=1S/C17H18ClF3N2O3/c18-13-4-3-11(17(19,20)21)7-14(13)23-9-10(6-15(23)24)16(25)22-8-12-2-1-5-26-12/h3-4,7,10,12H,1-2,5-6,8-9H2,(H,22,25). The van der Waals surface area contributed by atoms with Gasteiger partial charge in [0.2, 0.25) is 11.8 Å². The average molecular weight is 391 g/mol.